The Morgan fingerprint density at radius 1 is 1.06 bits per heavy atom. The van der Waals surface area contributed by atoms with Crippen LogP contribution < -0.4 is 4.74 Å². The highest BCUT2D eigenvalue weighted by molar-refractivity contribution is 5.67. The molecule has 0 atom stereocenters. The maximum Gasteiger partial charge on any atom is 0.151 e. The Hall–Kier alpha value is -2.16. The Morgan fingerprint density at radius 3 is 2.62 bits per heavy atom. The predicted molar refractivity (Wildman–Crippen MR) is 64.0 cm³/mol. The fraction of sp³-hybridized carbons (Fsp3) is 0.0769. The normalized spacial score (nSPS) is 10.6. The molecule has 1 aromatic carbocycles. The standard InChI is InChI=1S/C13H12N2O/c1-16-12-5-2-4-11(10-12)6-7-13-14-8-3-9-15-13/h2-10H,1H3/b7-6+. The summed E-state index contributed by atoms with van der Waals surface area (Å²) < 4.78 is 5.14. The van der Waals surface area contributed by atoms with Gasteiger partial charge in [0.05, 0.1) is 7.11 Å². The first-order valence-corrected chi connectivity index (χ1v) is 4.97. The van der Waals surface area contributed by atoms with E-state index >= 15 is 0 Å². The maximum atomic E-state index is 5.14. The summed E-state index contributed by atoms with van der Waals surface area (Å²) in [6.45, 7) is 0. The Morgan fingerprint density at radius 2 is 1.88 bits per heavy atom. The van der Waals surface area contributed by atoms with Crippen LogP contribution in [0.5, 0.6) is 5.75 Å². The van der Waals surface area contributed by atoms with Crippen LogP contribution in [0, 0.1) is 0 Å². The second-order valence-electron chi connectivity index (χ2n) is 3.22. The van der Waals surface area contributed by atoms with Gasteiger partial charge in [0.15, 0.2) is 5.82 Å². The monoisotopic (exact) mass is 212 g/mol. The summed E-state index contributed by atoms with van der Waals surface area (Å²) >= 11 is 0. The molecule has 0 aliphatic carbocycles. The SMILES string of the molecule is COc1cccc(/C=C/c2ncccn2)c1. The Balaban J connectivity index is 2.17. The van der Waals surface area contributed by atoms with Crippen molar-refractivity contribution in [3.05, 3.63) is 54.1 Å². The van der Waals surface area contributed by atoms with Gasteiger partial charge in [0.2, 0.25) is 0 Å². The van der Waals surface area contributed by atoms with Gasteiger partial charge in [-0.05, 0) is 29.8 Å². The molecule has 3 nitrogen and oxygen atoms in total. The van der Waals surface area contributed by atoms with E-state index in [0.717, 1.165) is 11.3 Å². The highest BCUT2D eigenvalue weighted by Crippen LogP contribution is 2.14. The van der Waals surface area contributed by atoms with Crippen LogP contribution in [0.3, 0.4) is 0 Å². The fourth-order valence-corrected chi connectivity index (χ4v) is 1.31. The number of benzene rings is 1. The Kier molecular flexibility index (Phi) is 3.28. The number of aromatic nitrogens is 2. The predicted octanol–water partition coefficient (Wildman–Crippen LogP) is 2.66. The average Bonchev–Trinajstić information content (AvgIpc) is 2.38. The van der Waals surface area contributed by atoms with Crippen molar-refractivity contribution in [1.29, 1.82) is 0 Å². The molecule has 80 valence electrons. The third-order valence-electron chi connectivity index (χ3n) is 2.10. The van der Waals surface area contributed by atoms with Crippen molar-refractivity contribution in [2.45, 2.75) is 0 Å². The van der Waals surface area contributed by atoms with E-state index in [-0.39, 0.29) is 0 Å². The van der Waals surface area contributed by atoms with Gasteiger partial charge in [-0.15, -0.1) is 0 Å². The van der Waals surface area contributed by atoms with Gasteiger partial charge in [-0.3, -0.25) is 0 Å². The lowest BCUT2D eigenvalue weighted by molar-refractivity contribution is 0.414. The zero-order valence-corrected chi connectivity index (χ0v) is 9.00. The van der Waals surface area contributed by atoms with Gasteiger partial charge in [0, 0.05) is 12.4 Å². The molecule has 0 bridgehead atoms. The summed E-state index contributed by atoms with van der Waals surface area (Å²) in [5.74, 6) is 1.54. The smallest absolute Gasteiger partial charge is 0.151 e. The molecule has 2 rings (SSSR count). The molecule has 2 aromatic rings. The van der Waals surface area contributed by atoms with Crippen molar-refractivity contribution in [2.24, 2.45) is 0 Å². The van der Waals surface area contributed by atoms with Gasteiger partial charge in [-0.1, -0.05) is 18.2 Å². The summed E-state index contributed by atoms with van der Waals surface area (Å²) in [6, 6.07) is 9.62. The number of rotatable bonds is 3. The highest BCUT2D eigenvalue weighted by atomic mass is 16.5. The van der Waals surface area contributed by atoms with E-state index in [1.807, 2.05) is 36.4 Å². The van der Waals surface area contributed by atoms with Crippen molar-refractivity contribution < 1.29 is 4.74 Å². The first-order chi connectivity index (χ1) is 7.88. The molecule has 1 aromatic heterocycles. The third-order valence-corrected chi connectivity index (χ3v) is 2.10. The summed E-state index contributed by atoms with van der Waals surface area (Å²) in [6.07, 6.45) is 7.27. The van der Waals surface area contributed by atoms with Crippen molar-refractivity contribution >= 4 is 12.2 Å². The molecule has 0 saturated heterocycles. The van der Waals surface area contributed by atoms with Crippen molar-refractivity contribution in [3.8, 4) is 5.75 Å². The van der Waals surface area contributed by atoms with Crippen LogP contribution in [0.2, 0.25) is 0 Å². The van der Waals surface area contributed by atoms with E-state index in [1.54, 1.807) is 25.6 Å². The van der Waals surface area contributed by atoms with Crippen LogP contribution in [0.1, 0.15) is 11.4 Å². The largest absolute Gasteiger partial charge is 0.497 e. The molecule has 0 saturated carbocycles. The van der Waals surface area contributed by atoms with E-state index < -0.39 is 0 Å². The molecule has 0 aliphatic heterocycles. The lowest BCUT2D eigenvalue weighted by Crippen LogP contribution is -1.84. The number of hydrogen-bond acceptors (Lipinski definition) is 3. The first-order valence-electron chi connectivity index (χ1n) is 4.97. The van der Waals surface area contributed by atoms with Crippen LogP contribution in [0.4, 0.5) is 0 Å². The zero-order valence-electron chi connectivity index (χ0n) is 9.00. The van der Waals surface area contributed by atoms with E-state index in [1.165, 1.54) is 0 Å². The minimum absolute atomic E-state index is 0.699. The molecular formula is C13H12N2O. The molecule has 0 radical (unpaired) electrons. The molecule has 0 N–H and O–H groups in total. The molecule has 0 aliphatic rings. The van der Waals surface area contributed by atoms with E-state index in [9.17, 15) is 0 Å². The van der Waals surface area contributed by atoms with Crippen LogP contribution in [-0.2, 0) is 0 Å². The molecule has 1 heterocycles. The minimum Gasteiger partial charge on any atom is -0.497 e. The molecule has 0 fully saturated rings. The zero-order chi connectivity index (χ0) is 11.2. The van der Waals surface area contributed by atoms with E-state index in [4.69, 9.17) is 4.74 Å². The average molecular weight is 212 g/mol. The maximum absolute atomic E-state index is 5.14. The second-order valence-corrected chi connectivity index (χ2v) is 3.22. The van der Waals surface area contributed by atoms with E-state index in [2.05, 4.69) is 9.97 Å². The van der Waals surface area contributed by atoms with Crippen molar-refractivity contribution in [2.75, 3.05) is 7.11 Å². The van der Waals surface area contributed by atoms with Crippen LogP contribution in [0.15, 0.2) is 42.7 Å². The van der Waals surface area contributed by atoms with E-state index in [0.29, 0.717) is 5.82 Å². The van der Waals surface area contributed by atoms with Gasteiger partial charge < -0.3 is 4.74 Å². The van der Waals surface area contributed by atoms with Gasteiger partial charge in [0.25, 0.3) is 0 Å². The number of ether oxygens (including phenoxy) is 1. The summed E-state index contributed by atoms with van der Waals surface area (Å²) in [4.78, 5) is 8.21. The molecule has 0 amide bonds. The Labute approximate surface area is 94.4 Å². The van der Waals surface area contributed by atoms with Crippen LogP contribution in [0.25, 0.3) is 12.2 Å². The molecule has 0 unspecified atom stereocenters. The van der Waals surface area contributed by atoms with Gasteiger partial charge >= 0.3 is 0 Å². The molecule has 3 heteroatoms. The third kappa shape index (κ3) is 2.67. The van der Waals surface area contributed by atoms with Gasteiger partial charge in [0.1, 0.15) is 5.75 Å². The quantitative estimate of drug-likeness (QED) is 0.784. The van der Waals surface area contributed by atoms with Crippen LogP contribution in [-0.4, -0.2) is 17.1 Å². The number of nitrogens with zero attached hydrogens (tertiary/aromatic N) is 2. The van der Waals surface area contributed by atoms with Crippen LogP contribution >= 0.6 is 0 Å². The summed E-state index contributed by atoms with van der Waals surface area (Å²) in [5, 5.41) is 0. The summed E-state index contributed by atoms with van der Waals surface area (Å²) in [7, 11) is 1.66. The van der Waals surface area contributed by atoms with Crippen molar-refractivity contribution in [3.63, 3.8) is 0 Å². The fourth-order valence-electron chi connectivity index (χ4n) is 1.31. The topological polar surface area (TPSA) is 35.0 Å². The van der Waals surface area contributed by atoms with Crippen molar-refractivity contribution in [1.82, 2.24) is 9.97 Å². The Bertz CT molecular complexity index is 480. The lowest BCUT2D eigenvalue weighted by atomic mass is 10.2. The second kappa shape index (κ2) is 5.07. The molecular weight excluding hydrogens is 200 g/mol. The van der Waals surface area contributed by atoms with Gasteiger partial charge in [-0.2, -0.15) is 0 Å². The molecule has 0 spiro atoms. The number of hydrogen-bond donors (Lipinski definition) is 0. The first kappa shape index (κ1) is 10.4. The minimum atomic E-state index is 0.699. The van der Waals surface area contributed by atoms with Gasteiger partial charge in [-0.25, -0.2) is 9.97 Å². The highest BCUT2D eigenvalue weighted by Gasteiger charge is 1.92. The summed E-state index contributed by atoms with van der Waals surface area (Å²) in [5.41, 5.74) is 1.06. The number of methoxy groups -OCH3 is 1. The lowest BCUT2D eigenvalue weighted by Gasteiger charge is -1.99. The molecule has 16 heavy (non-hydrogen) atoms.